The molecule has 0 bridgehead atoms. The Morgan fingerprint density at radius 2 is 1.83 bits per heavy atom. The van der Waals surface area contributed by atoms with E-state index in [2.05, 4.69) is 5.32 Å². The van der Waals surface area contributed by atoms with Crippen molar-refractivity contribution in [1.29, 1.82) is 0 Å². The minimum Gasteiger partial charge on any atom is -0.493 e. The van der Waals surface area contributed by atoms with Gasteiger partial charge >= 0.3 is 5.97 Å². The Hall–Kier alpha value is -3.88. The van der Waals surface area contributed by atoms with Crippen LogP contribution in [-0.2, 0) is 14.3 Å². The Kier molecular flexibility index (Phi) is 8.46. The van der Waals surface area contributed by atoms with Gasteiger partial charge < -0.3 is 19.5 Å². The zero-order valence-electron chi connectivity index (χ0n) is 20.4. The summed E-state index contributed by atoms with van der Waals surface area (Å²) in [5, 5.41) is 2.60. The first-order valence-corrected chi connectivity index (χ1v) is 11.6. The zero-order valence-corrected chi connectivity index (χ0v) is 20.4. The lowest BCUT2D eigenvalue weighted by Gasteiger charge is -2.27. The smallest absolute Gasteiger partial charge is 0.308 e. The number of hydrogen-bond donors (Lipinski definition) is 1. The molecule has 1 N–H and O–H groups in total. The van der Waals surface area contributed by atoms with Crippen molar-refractivity contribution in [3.05, 3.63) is 53.1 Å². The fourth-order valence-electron chi connectivity index (χ4n) is 3.95. The molecule has 0 aromatic heterocycles. The van der Waals surface area contributed by atoms with E-state index in [1.54, 1.807) is 30.3 Å². The molecule has 35 heavy (non-hydrogen) atoms. The number of esters is 1. The van der Waals surface area contributed by atoms with Crippen LogP contribution in [0.15, 0.2) is 36.4 Å². The summed E-state index contributed by atoms with van der Waals surface area (Å²) >= 11 is 0. The molecule has 0 spiro atoms. The highest BCUT2D eigenvalue weighted by Crippen LogP contribution is 2.39. The Morgan fingerprint density at radius 1 is 1.06 bits per heavy atom. The zero-order chi connectivity index (χ0) is 25.5. The molecule has 0 saturated carbocycles. The van der Waals surface area contributed by atoms with Gasteiger partial charge in [-0.05, 0) is 43.2 Å². The predicted molar refractivity (Wildman–Crippen MR) is 129 cm³/mol. The number of nitrogens with one attached hydrogen (secondary N) is 1. The molecule has 3 rings (SSSR count). The maximum Gasteiger partial charge on any atom is 0.308 e. The molecule has 1 aliphatic rings. The van der Waals surface area contributed by atoms with Gasteiger partial charge in [0.1, 0.15) is 0 Å². The van der Waals surface area contributed by atoms with E-state index in [0.717, 1.165) is 11.3 Å². The number of amides is 3. The topological polar surface area (TPSA) is 111 Å². The van der Waals surface area contributed by atoms with Crippen LogP contribution in [0.5, 0.6) is 11.5 Å². The number of fused-ring (bicyclic) bond motifs is 1. The maximum absolute atomic E-state index is 13.5. The molecule has 0 fully saturated rings. The maximum atomic E-state index is 13.5. The van der Waals surface area contributed by atoms with E-state index in [4.69, 9.17) is 14.2 Å². The van der Waals surface area contributed by atoms with Crippen molar-refractivity contribution in [1.82, 2.24) is 4.90 Å². The molecule has 9 nitrogen and oxygen atoms in total. The number of methoxy groups -OCH3 is 1. The fourth-order valence-corrected chi connectivity index (χ4v) is 3.95. The van der Waals surface area contributed by atoms with Gasteiger partial charge in [0.15, 0.2) is 11.5 Å². The lowest BCUT2D eigenvalue weighted by Crippen LogP contribution is -2.36. The van der Waals surface area contributed by atoms with Crippen molar-refractivity contribution in [3.63, 3.8) is 0 Å². The monoisotopic (exact) mass is 482 g/mol. The molecule has 3 amide bonds. The largest absolute Gasteiger partial charge is 0.493 e. The number of anilines is 1. The Bertz CT molecular complexity index is 1130. The van der Waals surface area contributed by atoms with Crippen LogP contribution in [-0.4, -0.2) is 48.9 Å². The molecule has 1 aliphatic heterocycles. The molecule has 0 radical (unpaired) electrons. The van der Waals surface area contributed by atoms with Crippen molar-refractivity contribution < 1.29 is 33.4 Å². The van der Waals surface area contributed by atoms with E-state index in [9.17, 15) is 19.2 Å². The first kappa shape index (κ1) is 25.7. The number of ether oxygens (including phenoxy) is 3. The lowest BCUT2D eigenvalue weighted by molar-refractivity contribution is -0.144. The predicted octanol–water partition coefficient (Wildman–Crippen LogP) is 4.12. The molecule has 0 saturated heterocycles. The lowest BCUT2D eigenvalue weighted by atomic mass is 10.0. The molecular formula is C26H30N2O7. The highest BCUT2D eigenvalue weighted by atomic mass is 16.5. The average Bonchev–Trinajstić information content (AvgIpc) is 3.08. The van der Waals surface area contributed by atoms with Crippen LogP contribution in [0.25, 0.3) is 0 Å². The second kappa shape index (κ2) is 11.5. The molecule has 0 aliphatic carbocycles. The van der Waals surface area contributed by atoms with Crippen LogP contribution in [0.1, 0.15) is 72.4 Å². The van der Waals surface area contributed by atoms with Gasteiger partial charge in [-0.25, -0.2) is 0 Å². The summed E-state index contributed by atoms with van der Waals surface area (Å²) in [6.45, 7) is 5.75. The van der Waals surface area contributed by atoms with Crippen LogP contribution in [0.4, 0.5) is 5.69 Å². The molecule has 9 heteroatoms. The number of hydrogen-bond acceptors (Lipinski definition) is 7. The minimum absolute atomic E-state index is 0.0931. The van der Waals surface area contributed by atoms with E-state index in [1.165, 1.54) is 20.1 Å². The molecule has 186 valence electrons. The Labute approximate surface area is 204 Å². The molecule has 2 aromatic carbocycles. The number of nitrogens with zero attached hydrogens (tertiary/aromatic N) is 1. The Balaban J connectivity index is 2.04. The van der Waals surface area contributed by atoms with Gasteiger partial charge in [-0.2, -0.15) is 0 Å². The highest BCUT2D eigenvalue weighted by molar-refractivity contribution is 6.24. The van der Waals surface area contributed by atoms with Gasteiger partial charge in [-0.3, -0.25) is 24.1 Å². The van der Waals surface area contributed by atoms with Crippen molar-refractivity contribution in [2.24, 2.45) is 0 Å². The van der Waals surface area contributed by atoms with Crippen molar-refractivity contribution >= 4 is 29.4 Å². The number of unbranched alkanes of at least 4 members (excludes halogenated alkanes) is 1. The van der Waals surface area contributed by atoms with Crippen LogP contribution in [0, 0.1) is 0 Å². The summed E-state index contributed by atoms with van der Waals surface area (Å²) in [6.07, 6.45) is 1.33. The van der Waals surface area contributed by atoms with Crippen LogP contribution in [0.2, 0.25) is 0 Å². The first-order valence-electron chi connectivity index (χ1n) is 11.6. The number of benzene rings is 2. The average molecular weight is 483 g/mol. The third kappa shape index (κ3) is 5.62. The van der Waals surface area contributed by atoms with Crippen molar-refractivity contribution in [2.75, 3.05) is 25.6 Å². The standard InChI is InChI=1S/C26H30N2O7/c1-5-7-13-35-23(30)15-20(17-11-12-21(33-4)22(14-17)34-6-2)28-25(31)18-9-8-10-19(27-16(3)29)24(18)26(28)32/h8-12,14,20H,5-7,13,15H2,1-4H3,(H,27,29). The number of carbonyl (C=O) groups excluding carboxylic acids is 4. The Morgan fingerprint density at radius 3 is 2.49 bits per heavy atom. The van der Waals surface area contributed by atoms with Crippen LogP contribution in [0.3, 0.4) is 0 Å². The fraction of sp³-hybridized carbons (Fsp3) is 0.385. The molecule has 2 aromatic rings. The van der Waals surface area contributed by atoms with Crippen molar-refractivity contribution in [3.8, 4) is 11.5 Å². The van der Waals surface area contributed by atoms with Gasteiger partial charge in [0, 0.05) is 6.92 Å². The second-order valence-corrected chi connectivity index (χ2v) is 8.03. The third-order valence-corrected chi connectivity index (χ3v) is 5.56. The summed E-state index contributed by atoms with van der Waals surface area (Å²) in [5.74, 6) is -1.16. The normalized spacial score (nSPS) is 13.3. The molecule has 1 heterocycles. The van der Waals surface area contributed by atoms with Gasteiger partial charge in [0.25, 0.3) is 11.8 Å². The number of rotatable bonds is 11. The highest BCUT2D eigenvalue weighted by Gasteiger charge is 2.43. The number of carbonyl (C=O) groups is 4. The first-order chi connectivity index (χ1) is 16.8. The van der Waals surface area contributed by atoms with Crippen LogP contribution < -0.4 is 14.8 Å². The van der Waals surface area contributed by atoms with Gasteiger partial charge in [-0.15, -0.1) is 0 Å². The van der Waals surface area contributed by atoms with Gasteiger partial charge in [-0.1, -0.05) is 25.5 Å². The second-order valence-electron chi connectivity index (χ2n) is 8.03. The summed E-state index contributed by atoms with van der Waals surface area (Å²) in [6, 6.07) is 8.73. The number of imide groups is 1. The quantitative estimate of drug-likeness (QED) is 0.291. The van der Waals surface area contributed by atoms with E-state index < -0.39 is 23.8 Å². The van der Waals surface area contributed by atoms with Crippen LogP contribution >= 0.6 is 0 Å². The van der Waals surface area contributed by atoms with Gasteiger partial charge in [0.05, 0.1) is 49.6 Å². The van der Waals surface area contributed by atoms with E-state index in [-0.39, 0.29) is 35.7 Å². The SMILES string of the molecule is CCCCOC(=O)CC(c1ccc(OC)c(OCC)c1)N1C(=O)c2cccc(NC(C)=O)c2C1=O. The summed E-state index contributed by atoms with van der Waals surface area (Å²) in [4.78, 5) is 52.4. The van der Waals surface area contributed by atoms with E-state index in [0.29, 0.717) is 30.1 Å². The van der Waals surface area contributed by atoms with E-state index in [1.807, 2.05) is 13.8 Å². The molecule has 1 unspecified atom stereocenters. The minimum atomic E-state index is -0.952. The summed E-state index contributed by atoms with van der Waals surface area (Å²) in [5.41, 5.74) is 1.00. The van der Waals surface area contributed by atoms with Crippen molar-refractivity contribution in [2.45, 2.75) is 46.1 Å². The van der Waals surface area contributed by atoms with Gasteiger partial charge in [0.2, 0.25) is 5.91 Å². The van der Waals surface area contributed by atoms with E-state index >= 15 is 0 Å². The molecular weight excluding hydrogens is 452 g/mol. The molecule has 1 atom stereocenters. The summed E-state index contributed by atoms with van der Waals surface area (Å²) in [7, 11) is 1.51. The summed E-state index contributed by atoms with van der Waals surface area (Å²) < 4.78 is 16.4. The third-order valence-electron chi connectivity index (χ3n) is 5.56.